The number of thiophene rings is 1. The Kier molecular flexibility index (Phi) is 6.39. The maximum Gasteiger partial charge on any atom is 0.167 e. The Morgan fingerprint density at radius 3 is 2.74 bits per heavy atom. The van der Waals surface area contributed by atoms with Crippen LogP contribution in [0.1, 0.15) is 46.8 Å². The molecule has 0 aliphatic carbocycles. The number of aliphatic hydroxyl groups is 1. The fraction of sp³-hybridized carbons (Fsp3) is 0.409. The summed E-state index contributed by atoms with van der Waals surface area (Å²) < 4.78 is 0. The third-order valence-corrected chi connectivity index (χ3v) is 5.78. The molecule has 1 fully saturated rings. The number of benzene rings is 1. The molecule has 2 aromatic rings. The quantitative estimate of drug-likeness (QED) is 0.600. The van der Waals surface area contributed by atoms with Crippen LogP contribution < -0.4 is 0 Å². The maximum atomic E-state index is 12.8. The van der Waals surface area contributed by atoms with Crippen LogP contribution in [-0.2, 0) is 6.54 Å². The molecule has 2 heterocycles. The van der Waals surface area contributed by atoms with E-state index < -0.39 is 5.60 Å². The first-order chi connectivity index (χ1) is 12.8. The Balaban J connectivity index is 1.61. The minimum Gasteiger partial charge on any atom is -0.378 e. The summed E-state index contributed by atoms with van der Waals surface area (Å²) in [4.78, 5) is 17.3. The van der Waals surface area contributed by atoms with Crippen molar-refractivity contribution in [1.29, 1.82) is 0 Å². The van der Waals surface area contributed by atoms with Crippen LogP contribution in [0.4, 0.5) is 0 Å². The van der Waals surface area contributed by atoms with Crippen molar-refractivity contribution in [3.63, 3.8) is 0 Å². The standard InChI is InChI=1S/C22H24ClNO2S/c1-22(2,26)12-11-19-9-10-20(27-19)15-24-13-3-4-17(14-24)21(25)16-5-7-18(23)8-6-16/h5-10,17,26H,3-4,13-15H2,1-2H3. The predicted octanol–water partition coefficient (Wildman–Crippen LogP) is 4.62. The van der Waals surface area contributed by atoms with Crippen molar-refractivity contribution in [2.75, 3.05) is 13.1 Å². The Labute approximate surface area is 170 Å². The van der Waals surface area contributed by atoms with Crippen LogP contribution >= 0.6 is 22.9 Å². The topological polar surface area (TPSA) is 40.5 Å². The maximum absolute atomic E-state index is 12.8. The summed E-state index contributed by atoms with van der Waals surface area (Å²) in [6.07, 6.45) is 1.96. The highest BCUT2D eigenvalue weighted by Gasteiger charge is 2.26. The number of hydrogen-bond donors (Lipinski definition) is 1. The molecule has 0 spiro atoms. The van der Waals surface area contributed by atoms with Crippen LogP contribution in [0.5, 0.6) is 0 Å². The van der Waals surface area contributed by atoms with Crippen molar-refractivity contribution in [3.8, 4) is 11.8 Å². The SMILES string of the molecule is CC(C)(O)C#Cc1ccc(CN2CCCC(C(=O)c3ccc(Cl)cc3)C2)s1. The van der Waals surface area contributed by atoms with Crippen molar-refractivity contribution in [2.24, 2.45) is 5.92 Å². The Hall–Kier alpha value is -1.64. The number of Topliss-reactive ketones (excluding diaryl/α,β-unsaturated/α-hetero) is 1. The molecule has 1 aliphatic rings. The zero-order valence-electron chi connectivity index (χ0n) is 15.7. The molecule has 0 amide bonds. The first-order valence-corrected chi connectivity index (χ1v) is 10.4. The zero-order chi connectivity index (χ0) is 19.4. The highest BCUT2D eigenvalue weighted by molar-refractivity contribution is 7.12. The normalized spacial score (nSPS) is 18.0. The third-order valence-electron chi connectivity index (χ3n) is 4.54. The molecule has 3 nitrogen and oxygen atoms in total. The van der Waals surface area contributed by atoms with E-state index >= 15 is 0 Å². The lowest BCUT2D eigenvalue weighted by Crippen LogP contribution is -2.38. The molecule has 1 aromatic heterocycles. The second-order valence-corrected chi connectivity index (χ2v) is 9.13. The van der Waals surface area contributed by atoms with Gasteiger partial charge in [0.1, 0.15) is 5.60 Å². The van der Waals surface area contributed by atoms with E-state index in [1.807, 2.05) is 18.2 Å². The number of ketones is 1. The summed E-state index contributed by atoms with van der Waals surface area (Å²) in [5.74, 6) is 6.12. The van der Waals surface area contributed by atoms with E-state index in [1.165, 1.54) is 4.88 Å². The first-order valence-electron chi connectivity index (χ1n) is 9.16. The summed E-state index contributed by atoms with van der Waals surface area (Å²) in [6.45, 7) is 5.98. The largest absolute Gasteiger partial charge is 0.378 e. The lowest BCUT2D eigenvalue weighted by molar-refractivity contribution is 0.0812. The van der Waals surface area contributed by atoms with Gasteiger partial charge in [-0.1, -0.05) is 23.4 Å². The van der Waals surface area contributed by atoms with Gasteiger partial charge >= 0.3 is 0 Å². The summed E-state index contributed by atoms with van der Waals surface area (Å²) in [5, 5.41) is 10.4. The third kappa shape index (κ3) is 5.92. The van der Waals surface area contributed by atoms with Crippen molar-refractivity contribution in [1.82, 2.24) is 4.90 Å². The summed E-state index contributed by atoms with van der Waals surface area (Å²) in [5.41, 5.74) is -0.238. The van der Waals surface area contributed by atoms with Crippen molar-refractivity contribution < 1.29 is 9.90 Å². The van der Waals surface area contributed by atoms with Crippen LogP contribution in [-0.4, -0.2) is 34.5 Å². The minimum absolute atomic E-state index is 0.0364. The number of carbonyl (C=O) groups excluding carboxylic acids is 1. The van der Waals surface area contributed by atoms with E-state index in [0.717, 1.165) is 42.9 Å². The Morgan fingerprint density at radius 1 is 1.30 bits per heavy atom. The first kappa shape index (κ1) is 20.1. The molecule has 27 heavy (non-hydrogen) atoms. The fourth-order valence-corrected chi connectivity index (χ4v) is 4.26. The Morgan fingerprint density at radius 2 is 2.04 bits per heavy atom. The molecule has 3 rings (SSSR count). The number of halogens is 1. The van der Waals surface area contributed by atoms with E-state index in [0.29, 0.717) is 5.02 Å². The highest BCUT2D eigenvalue weighted by Crippen LogP contribution is 2.25. The molecule has 1 aliphatic heterocycles. The smallest absolute Gasteiger partial charge is 0.167 e. The molecule has 0 radical (unpaired) electrons. The van der Waals surface area contributed by atoms with Gasteiger partial charge in [0.05, 0.1) is 4.88 Å². The molecule has 1 saturated heterocycles. The van der Waals surface area contributed by atoms with Gasteiger partial charge < -0.3 is 5.11 Å². The van der Waals surface area contributed by atoms with Gasteiger partial charge in [-0.15, -0.1) is 11.3 Å². The van der Waals surface area contributed by atoms with Crippen LogP contribution in [0.2, 0.25) is 5.02 Å². The van der Waals surface area contributed by atoms with Gasteiger partial charge in [-0.25, -0.2) is 0 Å². The number of nitrogens with zero attached hydrogens (tertiary/aromatic N) is 1. The Bertz CT molecular complexity index is 855. The molecular weight excluding hydrogens is 378 g/mol. The number of likely N-dealkylation sites (tertiary alicyclic amines) is 1. The van der Waals surface area contributed by atoms with E-state index in [2.05, 4.69) is 22.8 Å². The molecule has 5 heteroatoms. The molecular formula is C22H24ClNO2S. The molecule has 142 valence electrons. The lowest BCUT2D eigenvalue weighted by atomic mass is 9.90. The average Bonchev–Trinajstić information content (AvgIpc) is 3.07. The van der Waals surface area contributed by atoms with Gasteiger partial charge in [0.25, 0.3) is 0 Å². The van der Waals surface area contributed by atoms with Gasteiger partial charge in [0.15, 0.2) is 5.78 Å². The second kappa shape index (κ2) is 8.58. The van der Waals surface area contributed by atoms with Gasteiger partial charge in [-0.2, -0.15) is 0 Å². The highest BCUT2D eigenvalue weighted by atomic mass is 35.5. The number of hydrogen-bond acceptors (Lipinski definition) is 4. The van der Waals surface area contributed by atoms with Gasteiger partial charge in [-0.05, 0) is 69.6 Å². The van der Waals surface area contributed by atoms with E-state index in [-0.39, 0.29) is 11.7 Å². The second-order valence-electron chi connectivity index (χ2n) is 7.52. The van der Waals surface area contributed by atoms with Crippen LogP contribution in [0.15, 0.2) is 36.4 Å². The van der Waals surface area contributed by atoms with Gasteiger partial charge in [0.2, 0.25) is 0 Å². The summed E-state index contributed by atoms with van der Waals surface area (Å²) in [7, 11) is 0. The van der Waals surface area contributed by atoms with Crippen LogP contribution in [0, 0.1) is 17.8 Å². The summed E-state index contributed by atoms with van der Waals surface area (Å²) in [6, 6.07) is 11.3. The predicted molar refractivity (Wildman–Crippen MR) is 111 cm³/mol. The number of rotatable bonds is 4. The lowest BCUT2D eigenvalue weighted by Gasteiger charge is -2.31. The van der Waals surface area contributed by atoms with Crippen molar-refractivity contribution in [3.05, 3.63) is 56.7 Å². The summed E-state index contributed by atoms with van der Waals surface area (Å²) >= 11 is 7.57. The van der Waals surface area contributed by atoms with Gasteiger partial charge in [0, 0.05) is 34.5 Å². The molecule has 0 saturated carbocycles. The molecule has 1 atom stereocenters. The molecule has 1 aromatic carbocycles. The fourth-order valence-electron chi connectivity index (χ4n) is 3.23. The van der Waals surface area contributed by atoms with Crippen molar-refractivity contribution >= 4 is 28.7 Å². The average molecular weight is 402 g/mol. The molecule has 1 unspecified atom stereocenters. The monoisotopic (exact) mass is 401 g/mol. The van der Waals surface area contributed by atoms with E-state index in [1.54, 1.807) is 37.3 Å². The van der Waals surface area contributed by atoms with Crippen LogP contribution in [0.25, 0.3) is 0 Å². The van der Waals surface area contributed by atoms with Gasteiger partial charge in [-0.3, -0.25) is 9.69 Å². The van der Waals surface area contributed by atoms with E-state index in [9.17, 15) is 9.90 Å². The van der Waals surface area contributed by atoms with Crippen molar-refractivity contribution in [2.45, 2.75) is 38.8 Å². The number of carbonyl (C=O) groups is 1. The van der Waals surface area contributed by atoms with Crippen LogP contribution in [0.3, 0.4) is 0 Å². The minimum atomic E-state index is -0.980. The number of piperidine rings is 1. The molecule has 1 N–H and O–H groups in total. The molecule has 0 bridgehead atoms. The zero-order valence-corrected chi connectivity index (χ0v) is 17.2. The van der Waals surface area contributed by atoms with E-state index in [4.69, 9.17) is 11.6 Å².